The Morgan fingerprint density at radius 2 is 2.18 bits per heavy atom. The van der Waals surface area contributed by atoms with Gasteiger partial charge in [-0.05, 0) is 12.0 Å². The quantitative estimate of drug-likeness (QED) is 0.788. The predicted molar refractivity (Wildman–Crippen MR) is 64.6 cm³/mol. The molecule has 1 aromatic carbocycles. The Kier molecular flexibility index (Phi) is 4.12. The molecule has 4 nitrogen and oxygen atoms in total. The zero-order valence-electron chi connectivity index (χ0n) is 9.84. The molecule has 3 N–H and O–H groups in total. The summed E-state index contributed by atoms with van der Waals surface area (Å²) in [6, 6.07) is 9.40. The van der Waals surface area contributed by atoms with Crippen molar-refractivity contribution in [3.63, 3.8) is 0 Å². The van der Waals surface area contributed by atoms with Crippen LogP contribution in [0.5, 0.6) is 0 Å². The predicted octanol–water partition coefficient (Wildman–Crippen LogP) is 0.638. The monoisotopic (exact) mass is 237 g/mol. The van der Waals surface area contributed by atoms with Crippen LogP contribution in [0.15, 0.2) is 30.3 Å². The van der Waals surface area contributed by atoms with E-state index in [1.807, 2.05) is 30.3 Å². The van der Waals surface area contributed by atoms with Crippen molar-refractivity contribution in [1.82, 2.24) is 0 Å². The first kappa shape index (κ1) is 12.5. The minimum Gasteiger partial charge on any atom is -0.381 e. The van der Waals surface area contributed by atoms with Crippen molar-refractivity contribution in [3.8, 4) is 0 Å². The molecular formula is C13H19NO3. The Balaban J connectivity index is 1.98. The van der Waals surface area contributed by atoms with Crippen LogP contribution < -0.4 is 5.73 Å². The highest BCUT2D eigenvalue weighted by atomic mass is 16.5. The molecule has 17 heavy (non-hydrogen) atoms. The maximum absolute atomic E-state index is 10.5. The van der Waals surface area contributed by atoms with E-state index in [2.05, 4.69) is 0 Å². The summed E-state index contributed by atoms with van der Waals surface area (Å²) in [6.07, 6.45) is 0.965. The van der Waals surface area contributed by atoms with E-state index >= 15 is 0 Å². The first-order valence-electron chi connectivity index (χ1n) is 5.92. The summed E-state index contributed by atoms with van der Waals surface area (Å²) in [5.41, 5.74) is 5.35. The van der Waals surface area contributed by atoms with E-state index in [0.29, 0.717) is 6.61 Å². The SMILES string of the molecule is NCC(O)(COC1CCOC1)c1ccccc1. The smallest absolute Gasteiger partial charge is 0.125 e. The fourth-order valence-electron chi connectivity index (χ4n) is 1.91. The van der Waals surface area contributed by atoms with Crippen LogP contribution in [0.3, 0.4) is 0 Å². The molecule has 0 amide bonds. The van der Waals surface area contributed by atoms with Gasteiger partial charge in [-0.3, -0.25) is 0 Å². The van der Waals surface area contributed by atoms with Crippen LogP contribution in [0, 0.1) is 0 Å². The van der Waals surface area contributed by atoms with Gasteiger partial charge in [0.25, 0.3) is 0 Å². The fourth-order valence-corrected chi connectivity index (χ4v) is 1.91. The van der Waals surface area contributed by atoms with Gasteiger partial charge in [0.05, 0.1) is 19.3 Å². The number of aliphatic hydroxyl groups is 1. The van der Waals surface area contributed by atoms with Crippen molar-refractivity contribution in [1.29, 1.82) is 0 Å². The van der Waals surface area contributed by atoms with Crippen molar-refractivity contribution in [2.75, 3.05) is 26.4 Å². The lowest BCUT2D eigenvalue weighted by atomic mass is 9.95. The van der Waals surface area contributed by atoms with Crippen molar-refractivity contribution in [2.24, 2.45) is 5.73 Å². The molecule has 1 aliphatic heterocycles. The molecule has 0 radical (unpaired) electrons. The first-order valence-corrected chi connectivity index (χ1v) is 5.92. The molecule has 1 aromatic rings. The van der Waals surface area contributed by atoms with Gasteiger partial charge in [0.2, 0.25) is 0 Å². The molecule has 1 saturated heterocycles. The summed E-state index contributed by atoms with van der Waals surface area (Å²) >= 11 is 0. The van der Waals surface area contributed by atoms with Crippen LogP contribution in [0.25, 0.3) is 0 Å². The summed E-state index contributed by atoms with van der Waals surface area (Å²) < 4.78 is 10.9. The molecule has 0 bridgehead atoms. The molecule has 1 heterocycles. The maximum atomic E-state index is 10.5. The molecule has 1 fully saturated rings. The van der Waals surface area contributed by atoms with Crippen molar-refractivity contribution < 1.29 is 14.6 Å². The van der Waals surface area contributed by atoms with Gasteiger partial charge in [0, 0.05) is 13.2 Å². The highest BCUT2D eigenvalue weighted by Gasteiger charge is 2.30. The highest BCUT2D eigenvalue weighted by Crippen LogP contribution is 2.22. The third-order valence-corrected chi connectivity index (χ3v) is 3.09. The van der Waals surface area contributed by atoms with Gasteiger partial charge in [0.1, 0.15) is 5.60 Å². The number of nitrogens with two attached hydrogens (primary N) is 1. The zero-order valence-corrected chi connectivity index (χ0v) is 9.84. The Bertz CT molecular complexity index is 338. The molecule has 4 heteroatoms. The Morgan fingerprint density at radius 3 is 2.76 bits per heavy atom. The number of hydrogen-bond donors (Lipinski definition) is 2. The van der Waals surface area contributed by atoms with Crippen LogP contribution in [0.2, 0.25) is 0 Å². The topological polar surface area (TPSA) is 64.7 Å². The molecule has 2 unspecified atom stereocenters. The Morgan fingerprint density at radius 1 is 1.41 bits per heavy atom. The highest BCUT2D eigenvalue weighted by molar-refractivity contribution is 5.22. The minimum absolute atomic E-state index is 0.0804. The largest absolute Gasteiger partial charge is 0.381 e. The maximum Gasteiger partial charge on any atom is 0.125 e. The normalized spacial score (nSPS) is 23.5. The first-order chi connectivity index (χ1) is 8.24. The third-order valence-electron chi connectivity index (χ3n) is 3.09. The summed E-state index contributed by atoms with van der Waals surface area (Å²) in [6.45, 7) is 1.69. The molecule has 0 aromatic heterocycles. The standard InChI is InChI=1S/C13H19NO3/c14-9-13(15,11-4-2-1-3-5-11)10-17-12-6-7-16-8-12/h1-5,12,15H,6-10,14H2. The number of hydrogen-bond acceptors (Lipinski definition) is 4. The third kappa shape index (κ3) is 3.04. The van der Waals surface area contributed by atoms with E-state index in [-0.39, 0.29) is 19.3 Å². The Labute approximate surface area is 101 Å². The second-order valence-electron chi connectivity index (χ2n) is 4.40. The molecular weight excluding hydrogens is 218 g/mol. The number of benzene rings is 1. The minimum atomic E-state index is -1.11. The lowest BCUT2D eigenvalue weighted by Gasteiger charge is -2.28. The molecule has 2 rings (SSSR count). The van der Waals surface area contributed by atoms with Gasteiger partial charge < -0.3 is 20.3 Å². The molecule has 2 atom stereocenters. The zero-order chi connectivity index (χ0) is 12.1. The van der Waals surface area contributed by atoms with E-state index in [4.69, 9.17) is 15.2 Å². The van der Waals surface area contributed by atoms with Crippen LogP contribution in [-0.4, -0.2) is 37.6 Å². The van der Waals surface area contributed by atoms with E-state index in [1.165, 1.54) is 0 Å². The van der Waals surface area contributed by atoms with E-state index < -0.39 is 5.60 Å². The Hall–Kier alpha value is -0.940. The molecule has 94 valence electrons. The summed E-state index contributed by atoms with van der Waals surface area (Å²) in [7, 11) is 0. The van der Waals surface area contributed by atoms with Crippen LogP contribution >= 0.6 is 0 Å². The van der Waals surface area contributed by atoms with E-state index in [1.54, 1.807) is 0 Å². The summed E-state index contributed by atoms with van der Waals surface area (Å²) in [5.74, 6) is 0. The van der Waals surface area contributed by atoms with Crippen LogP contribution in [-0.2, 0) is 15.1 Å². The molecule has 0 aliphatic carbocycles. The van der Waals surface area contributed by atoms with Crippen molar-refractivity contribution in [3.05, 3.63) is 35.9 Å². The van der Waals surface area contributed by atoms with Gasteiger partial charge in [-0.1, -0.05) is 30.3 Å². The van der Waals surface area contributed by atoms with Gasteiger partial charge in [-0.15, -0.1) is 0 Å². The van der Waals surface area contributed by atoms with Crippen LogP contribution in [0.1, 0.15) is 12.0 Å². The van der Waals surface area contributed by atoms with Gasteiger partial charge >= 0.3 is 0 Å². The fraction of sp³-hybridized carbons (Fsp3) is 0.538. The van der Waals surface area contributed by atoms with Crippen molar-refractivity contribution in [2.45, 2.75) is 18.1 Å². The summed E-state index contributed by atoms with van der Waals surface area (Å²) in [5, 5.41) is 10.5. The lowest BCUT2D eigenvalue weighted by molar-refractivity contribution is -0.0724. The number of rotatable bonds is 5. The average Bonchev–Trinajstić information content (AvgIpc) is 2.90. The van der Waals surface area contributed by atoms with E-state index in [9.17, 15) is 5.11 Å². The molecule has 0 saturated carbocycles. The van der Waals surface area contributed by atoms with Gasteiger partial charge in [-0.2, -0.15) is 0 Å². The molecule has 0 spiro atoms. The second kappa shape index (κ2) is 5.60. The summed E-state index contributed by atoms with van der Waals surface area (Å²) in [4.78, 5) is 0. The lowest BCUT2D eigenvalue weighted by Crippen LogP contribution is -2.40. The average molecular weight is 237 g/mol. The van der Waals surface area contributed by atoms with Crippen molar-refractivity contribution >= 4 is 0 Å². The number of ether oxygens (including phenoxy) is 2. The van der Waals surface area contributed by atoms with E-state index in [0.717, 1.165) is 18.6 Å². The van der Waals surface area contributed by atoms with Gasteiger partial charge in [0.15, 0.2) is 0 Å². The van der Waals surface area contributed by atoms with Gasteiger partial charge in [-0.25, -0.2) is 0 Å². The molecule has 1 aliphatic rings. The second-order valence-corrected chi connectivity index (χ2v) is 4.40. The van der Waals surface area contributed by atoms with Crippen LogP contribution in [0.4, 0.5) is 0 Å².